The summed E-state index contributed by atoms with van der Waals surface area (Å²) in [6.07, 6.45) is 7.88. The van der Waals surface area contributed by atoms with E-state index in [-0.39, 0.29) is 5.91 Å². The first-order chi connectivity index (χ1) is 16.0. The number of aliphatic hydroxyl groups is 1. The van der Waals surface area contributed by atoms with E-state index in [1.165, 1.54) is 19.3 Å². The molecule has 1 amide bonds. The summed E-state index contributed by atoms with van der Waals surface area (Å²) < 4.78 is 0. The molecule has 2 atom stereocenters. The summed E-state index contributed by atoms with van der Waals surface area (Å²) in [5, 5.41) is 18.8. The maximum atomic E-state index is 13.3. The zero-order chi connectivity index (χ0) is 23.2. The maximum absolute atomic E-state index is 13.3. The second-order valence-corrected chi connectivity index (χ2v) is 9.41. The minimum absolute atomic E-state index is 0.174. The van der Waals surface area contributed by atoms with Gasteiger partial charge in [-0.25, -0.2) is 0 Å². The molecule has 1 aliphatic carbocycles. The molecule has 0 radical (unpaired) electrons. The number of carbonyl (C=O) groups excluding carboxylic acids is 1. The molecule has 0 aliphatic heterocycles. The Morgan fingerprint density at radius 3 is 2.61 bits per heavy atom. The lowest BCUT2D eigenvalue weighted by Gasteiger charge is -2.28. The number of hydrogen-bond donors (Lipinski definition) is 4. The number of H-pyrrole nitrogens is 1. The summed E-state index contributed by atoms with van der Waals surface area (Å²) in [5.41, 5.74) is 3.58. The van der Waals surface area contributed by atoms with Crippen LogP contribution < -0.4 is 15.5 Å². The van der Waals surface area contributed by atoms with E-state index in [4.69, 9.17) is 0 Å². The molecule has 6 heteroatoms. The number of anilines is 1. The lowest BCUT2D eigenvalue weighted by molar-refractivity contribution is 0.0821. The monoisotopic (exact) mass is 448 g/mol. The van der Waals surface area contributed by atoms with Crippen LogP contribution >= 0.6 is 0 Å². The van der Waals surface area contributed by atoms with E-state index in [0.29, 0.717) is 24.6 Å². The van der Waals surface area contributed by atoms with Crippen LogP contribution in [0.15, 0.2) is 54.7 Å². The third kappa shape index (κ3) is 5.95. The van der Waals surface area contributed by atoms with E-state index in [9.17, 15) is 9.90 Å². The molecular weight excluding hydrogens is 412 g/mol. The number of fused-ring (bicyclic) bond motifs is 1. The zero-order valence-electron chi connectivity index (χ0n) is 19.7. The van der Waals surface area contributed by atoms with Crippen LogP contribution in [0.2, 0.25) is 0 Å². The molecule has 1 aliphatic rings. The Balaban J connectivity index is 1.51. The van der Waals surface area contributed by atoms with Crippen molar-refractivity contribution in [2.75, 3.05) is 25.5 Å². The number of aliphatic hydroxyl groups excluding tert-OH is 1. The lowest BCUT2D eigenvalue weighted by Crippen LogP contribution is -2.50. The van der Waals surface area contributed by atoms with Gasteiger partial charge in [-0.3, -0.25) is 4.79 Å². The fourth-order valence-electron chi connectivity index (χ4n) is 4.79. The smallest absolute Gasteiger partial charge is 0.251 e. The molecule has 3 aromatic rings. The van der Waals surface area contributed by atoms with Gasteiger partial charge in [0.05, 0.1) is 12.1 Å². The van der Waals surface area contributed by atoms with Crippen LogP contribution in [0.5, 0.6) is 0 Å². The first-order valence-corrected chi connectivity index (χ1v) is 12.1. The third-order valence-electron chi connectivity index (χ3n) is 6.69. The van der Waals surface area contributed by atoms with Gasteiger partial charge in [0, 0.05) is 55.0 Å². The number of aromatic nitrogens is 1. The summed E-state index contributed by atoms with van der Waals surface area (Å²) in [5.74, 6) is -0.174. The molecule has 0 bridgehead atoms. The Morgan fingerprint density at radius 2 is 1.88 bits per heavy atom. The van der Waals surface area contributed by atoms with E-state index < -0.39 is 12.1 Å². The first-order valence-electron chi connectivity index (χ1n) is 12.1. The molecule has 0 spiro atoms. The van der Waals surface area contributed by atoms with Crippen molar-refractivity contribution in [2.24, 2.45) is 0 Å². The van der Waals surface area contributed by atoms with Gasteiger partial charge in [0.1, 0.15) is 0 Å². The molecule has 4 N–H and O–H groups in total. The van der Waals surface area contributed by atoms with Gasteiger partial charge >= 0.3 is 0 Å². The van der Waals surface area contributed by atoms with Crippen LogP contribution in [0.4, 0.5) is 5.69 Å². The number of rotatable bonds is 9. The van der Waals surface area contributed by atoms with Gasteiger partial charge in [0.25, 0.3) is 5.91 Å². The molecule has 0 unspecified atom stereocenters. The van der Waals surface area contributed by atoms with Gasteiger partial charge in [-0.15, -0.1) is 0 Å². The van der Waals surface area contributed by atoms with Crippen LogP contribution in [-0.2, 0) is 6.42 Å². The summed E-state index contributed by atoms with van der Waals surface area (Å²) in [4.78, 5) is 18.5. The van der Waals surface area contributed by atoms with Gasteiger partial charge in [0.2, 0.25) is 0 Å². The second-order valence-electron chi connectivity index (χ2n) is 9.41. The fourth-order valence-corrected chi connectivity index (χ4v) is 4.79. The zero-order valence-corrected chi connectivity index (χ0v) is 19.7. The van der Waals surface area contributed by atoms with Crippen molar-refractivity contribution in [1.82, 2.24) is 15.6 Å². The molecule has 4 rings (SSSR count). The fraction of sp³-hybridized carbons (Fsp3) is 0.444. The first kappa shape index (κ1) is 23.3. The largest absolute Gasteiger partial charge is 0.390 e. The summed E-state index contributed by atoms with van der Waals surface area (Å²) in [6.45, 7) is 0.473. The van der Waals surface area contributed by atoms with Crippen LogP contribution in [0, 0.1) is 0 Å². The highest BCUT2D eigenvalue weighted by molar-refractivity contribution is 6.02. The third-order valence-corrected chi connectivity index (χ3v) is 6.69. The highest BCUT2D eigenvalue weighted by atomic mass is 16.3. The molecule has 1 heterocycles. The number of nitrogens with one attached hydrogen (secondary N) is 3. The SMILES string of the molecule is CN(C)c1cc(C(=O)N[C@@H](Cc2ccccc2)[C@H](O)CNC2CCCCC2)cc2[nH]ccc12. The number of amides is 1. The van der Waals surface area contributed by atoms with Gasteiger partial charge in [-0.1, -0.05) is 49.6 Å². The summed E-state index contributed by atoms with van der Waals surface area (Å²) >= 11 is 0. The molecule has 1 fully saturated rings. The van der Waals surface area contributed by atoms with E-state index in [1.54, 1.807) is 0 Å². The number of nitrogens with zero attached hydrogens (tertiary/aromatic N) is 1. The van der Waals surface area contributed by atoms with E-state index in [2.05, 4.69) is 15.6 Å². The van der Waals surface area contributed by atoms with Crippen molar-refractivity contribution in [1.29, 1.82) is 0 Å². The minimum Gasteiger partial charge on any atom is -0.390 e. The highest BCUT2D eigenvalue weighted by Crippen LogP contribution is 2.27. The molecular formula is C27H36N4O2. The van der Waals surface area contributed by atoms with Crippen LogP contribution in [-0.4, -0.2) is 54.8 Å². The number of benzene rings is 2. The van der Waals surface area contributed by atoms with Crippen molar-refractivity contribution < 1.29 is 9.90 Å². The quantitative estimate of drug-likeness (QED) is 0.401. The van der Waals surface area contributed by atoms with Crippen LogP contribution in [0.25, 0.3) is 10.9 Å². The summed E-state index contributed by atoms with van der Waals surface area (Å²) in [7, 11) is 3.95. The Labute approximate surface area is 196 Å². The Morgan fingerprint density at radius 1 is 1.12 bits per heavy atom. The predicted molar refractivity (Wildman–Crippen MR) is 135 cm³/mol. The number of aromatic amines is 1. The standard InChI is InChI=1S/C27H36N4O2/c1-31(2)25-17-20(16-23-22(25)13-14-28-23)27(33)30-24(15-19-9-5-3-6-10-19)26(32)18-29-21-11-7-4-8-12-21/h3,5-6,9-10,13-14,16-17,21,24,26,28-29,32H,4,7-8,11-12,15,18H2,1-2H3,(H,30,33)/t24-,26+/m0/s1. The van der Waals surface area contributed by atoms with Crippen molar-refractivity contribution in [3.8, 4) is 0 Å². The number of carbonyl (C=O) groups is 1. The van der Waals surface area contributed by atoms with Gasteiger partial charge in [-0.05, 0) is 43.0 Å². The molecule has 0 saturated heterocycles. The molecule has 33 heavy (non-hydrogen) atoms. The minimum atomic E-state index is -0.682. The van der Waals surface area contributed by atoms with Crippen LogP contribution in [0.3, 0.4) is 0 Å². The average Bonchev–Trinajstić information content (AvgIpc) is 3.31. The van der Waals surface area contributed by atoms with Gasteiger partial charge < -0.3 is 25.6 Å². The average molecular weight is 449 g/mol. The summed E-state index contributed by atoms with van der Waals surface area (Å²) in [6, 6.07) is 15.9. The van der Waals surface area contributed by atoms with Crippen molar-refractivity contribution >= 4 is 22.5 Å². The molecule has 1 saturated carbocycles. The van der Waals surface area contributed by atoms with Crippen molar-refractivity contribution in [2.45, 2.75) is 56.7 Å². The Kier molecular flexibility index (Phi) is 7.68. The van der Waals surface area contributed by atoms with E-state index in [1.807, 2.05) is 73.7 Å². The predicted octanol–water partition coefficient (Wildman–Crippen LogP) is 3.86. The highest BCUT2D eigenvalue weighted by Gasteiger charge is 2.24. The van der Waals surface area contributed by atoms with Crippen LogP contribution in [0.1, 0.15) is 48.0 Å². The molecule has 1 aromatic heterocycles. The molecule has 6 nitrogen and oxygen atoms in total. The Bertz CT molecular complexity index is 1040. The maximum Gasteiger partial charge on any atom is 0.251 e. The molecule has 2 aromatic carbocycles. The van der Waals surface area contributed by atoms with Crippen molar-refractivity contribution in [3.63, 3.8) is 0 Å². The van der Waals surface area contributed by atoms with E-state index >= 15 is 0 Å². The van der Waals surface area contributed by atoms with Crippen molar-refractivity contribution in [3.05, 3.63) is 65.9 Å². The number of hydrogen-bond acceptors (Lipinski definition) is 4. The topological polar surface area (TPSA) is 80.4 Å². The normalized spacial score (nSPS) is 16.5. The molecule has 176 valence electrons. The van der Waals surface area contributed by atoms with Gasteiger partial charge in [0.15, 0.2) is 0 Å². The van der Waals surface area contributed by atoms with E-state index in [0.717, 1.165) is 35.0 Å². The van der Waals surface area contributed by atoms with Gasteiger partial charge in [-0.2, -0.15) is 0 Å². The second kappa shape index (κ2) is 10.9. The lowest BCUT2D eigenvalue weighted by atomic mass is 9.95. The Hall–Kier alpha value is -2.83.